The van der Waals surface area contributed by atoms with E-state index < -0.39 is 16.0 Å². The third-order valence-corrected chi connectivity index (χ3v) is 7.55. The molecule has 1 aliphatic rings. The Bertz CT molecular complexity index is 833. The lowest BCUT2D eigenvalue weighted by Crippen LogP contribution is -2.45. The molecular formula is C19H27ClN2O5S. The molecule has 1 N–H and O–H groups in total. The van der Waals surface area contributed by atoms with Gasteiger partial charge in [-0.05, 0) is 43.9 Å². The number of hydrogen-bond donors (Lipinski definition) is 1. The molecule has 1 aliphatic heterocycles. The van der Waals surface area contributed by atoms with E-state index in [2.05, 4.69) is 10.1 Å². The number of amides is 1. The van der Waals surface area contributed by atoms with Crippen LogP contribution in [0.25, 0.3) is 0 Å². The van der Waals surface area contributed by atoms with E-state index in [9.17, 15) is 18.0 Å². The summed E-state index contributed by atoms with van der Waals surface area (Å²) >= 11 is 6.12. The number of benzene rings is 1. The van der Waals surface area contributed by atoms with Crippen LogP contribution >= 0.6 is 11.6 Å². The van der Waals surface area contributed by atoms with Crippen molar-refractivity contribution in [3.8, 4) is 0 Å². The van der Waals surface area contributed by atoms with Gasteiger partial charge in [0, 0.05) is 25.0 Å². The van der Waals surface area contributed by atoms with Crippen molar-refractivity contribution in [3.63, 3.8) is 0 Å². The summed E-state index contributed by atoms with van der Waals surface area (Å²) in [6.07, 6.45) is 0.904. The molecule has 0 radical (unpaired) electrons. The Hall–Kier alpha value is -1.64. The SMILES string of the molecule is COC(=O)c1ccc(S(=O)(=O)N2CCC(C(=O)NC(C)C(C)C)CC2)c(Cl)c1. The summed E-state index contributed by atoms with van der Waals surface area (Å²) in [5, 5.41) is 2.96. The molecule has 0 spiro atoms. The smallest absolute Gasteiger partial charge is 0.337 e. The van der Waals surface area contributed by atoms with Gasteiger partial charge < -0.3 is 10.1 Å². The number of rotatable bonds is 6. The normalized spacial score (nSPS) is 17.4. The van der Waals surface area contributed by atoms with Crippen LogP contribution in [0.3, 0.4) is 0 Å². The number of ether oxygens (including phenoxy) is 1. The number of methoxy groups -OCH3 is 1. The van der Waals surface area contributed by atoms with Gasteiger partial charge in [-0.1, -0.05) is 25.4 Å². The average Bonchev–Trinajstić information content (AvgIpc) is 2.66. The quantitative estimate of drug-likeness (QED) is 0.700. The van der Waals surface area contributed by atoms with Crippen molar-refractivity contribution in [2.45, 2.75) is 44.6 Å². The summed E-state index contributed by atoms with van der Waals surface area (Å²) in [6, 6.07) is 4.04. The van der Waals surface area contributed by atoms with Crippen LogP contribution in [0.2, 0.25) is 5.02 Å². The zero-order chi connectivity index (χ0) is 21.1. The van der Waals surface area contributed by atoms with E-state index in [-0.39, 0.29) is 46.4 Å². The molecule has 0 saturated carbocycles. The van der Waals surface area contributed by atoms with Gasteiger partial charge in [-0.15, -0.1) is 0 Å². The number of carbonyl (C=O) groups excluding carboxylic acids is 2. The maximum atomic E-state index is 12.9. The molecule has 7 nitrogen and oxygen atoms in total. The van der Waals surface area contributed by atoms with Gasteiger partial charge in [0.2, 0.25) is 15.9 Å². The lowest BCUT2D eigenvalue weighted by atomic mass is 9.96. The average molecular weight is 431 g/mol. The van der Waals surface area contributed by atoms with Crippen LogP contribution < -0.4 is 5.32 Å². The first-order valence-electron chi connectivity index (χ1n) is 9.26. The van der Waals surface area contributed by atoms with Crippen LogP contribution in [0.5, 0.6) is 0 Å². The molecule has 9 heteroatoms. The highest BCUT2D eigenvalue weighted by molar-refractivity contribution is 7.89. The number of halogens is 1. The summed E-state index contributed by atoms with van der Waals surface area (Å²) in [5.41, 5.74) is 0.182. The first kappa shape index (κ1) is 22.6. The van der Waals surface area contributed by atoms with Crippen LogP contribution in [-0.2, 0) is 19.6 Å². The number of nitrogens with zero attached hydrogens (tertiary/aromatic N) is 1. The van der Waals surface area contributed by atoms with Gasteiger partial charge >= 0.3 is 5.97 Å². The second kappa shape index (κ2) is 9.24. The van der Waals surface area contributed by atoms with Gasteiger partial charge in [-0.25, -0.2) is 13.2 Å². The summed E-state index contributed by atoms with van der Waals surface area (Å²) in [5.74, 6) is -0.489. The fourth-order valence-electron chi connectivity index (χ4n) is 2.96. The number of hydrogen-bond acceptors (Lipinski definition) is 5. The molecule has 0 aliphatic carbocycles. The molecule has 1 amide bonds. The molecule has 2 rings (SSSR count). The van der Waals surface area contributed by atoms with Crippen LogP contribution in [0, 0.1) is 11.8 Å². The molecular weight excluding hydrogens is 404 g/mol. The first-order chi connectivity index (χ1) is 13.1. The predicted octanol–water partition coefficient (Wildman–Crippen LogP) is 2.69. The second-order valence-corrected chi connectivity index (χ2v) is 9.67. The van der Waals surface area contributed by atoms with Crippen molar-refractivity contribution in [1.82, 2.24) is 9.62 Å². The van der Waals surface area contributed by atoms with E-state index in [1.54, 1.807) is 0 Å². The van der Waals surface area contributed by atoms with Gasteiger partial charge in [0.25, 0.3) is 0 Å². The molecule has 0 aromatic heterocycles. The summed E-state index contributed by atoms with van der Waals surface area (Å²) in [7, 11) is -2.57. The van der Waals surface area contributed by atoms with Gasteiger partial charge in [-0.3, -0.25) is 4.79 Å². The third-order valence-electron chi connectivity index (χ3n) is 5.17. The molecule has 1 fully saturated rings. The second-order valence-electron chi connectivity index (χ2n) is 7.36. The predicted molar refractivity (Wildman–Crippen MR) is 107 cm³/mol. The zero-order valence-electron chi connectivity index (χ0n) is 16.6. The minimum absolute atomic E-state index is 0.0290. The highest BCUT2D eigenvalue weighted by Crippen LogP contribution is 2.29. The van der Waals surface area contributed by atoms with E-state index in [4.69, 9.17) is 11.6 Å². The Morgan fingerprint density at radius 2 is 1.82 bits per heavy atom. The van der Waals surface area contributed by atoms with Crippen molar-refractivity contribution in [3.05, 3.63) is 28.8 Å². The molecule has 1 aromatic carbocycles. The van der Waals surface area contributed by atoms with Crippen LogP contribution in [-0.4, -0.2) is 50.8 Å². The van der Waals surface area contributed by atoms with E-state index >= 15 is 0 Å². The number of carbonyl (C=O) groups is 2. The van der Waals surface area contributed by atoms with Gasteiger partial charge in [0.15, 0.2) is 0 Å². The van der Waals surface area contributed by atoms with Gasteiger partial charge in [0.1, 0.15) is 4.90 Å². The zero-order valence-corrected chi connectivity index (χ0v) is 18.1. The van der Waals surface area contributed by atoms with Gasteiger partial charge in [-0.2, -0.15) is 4.31 Å². The molecule has 1 aromatic rings. The maximum absolute atomic E-state index is 12.9. The third kappa shape index (κ3) is 5.04. The Balaban J connectivity index is 2.07. The topological polar surface area (TPSA) is 92.8 Å². The minimum Gasteiger partial charge on any atom is -0.465 e. The van der Waals surface area contributed by atoms with Crippen molar-refractivity contribution in [2.24, 2.45) is 11.8 Å². The van der Waals surface area contributed by atoms with E-state index in [0.29, 0.717) is 18.8 Å². The van der Waals surface area contributed by atoms with Crippen molar-refractivity contribution in [1.29, 1.82) is 0 Å². The van der Waals surface area contributed by atoms with E-state index in [1.807, 2.05) is 20.8 Å². The number of nitrogens with one attached hydrogen (secondary N) is 1. The minimum atomic E-state index is -3.81. The monoisotopic (exact) mass is 430 g/mol. The number of sulfonamides is 1. The molecule has 1 saturated heterocycles. The van der Waals surface area contributed by atoms with Gasteiger partial charge in [0.05, 0.1) is 17.7 Å². The van der Waals surface area contributed by atoms with Crippen LogP contribution in [0.15, 0.2) is 23.1 Å². The van der Waals surface area contributed by atoms with Crippen LogP contribution in [0.4, 0.5) is 0 Å². The molecule has 1 atom stereocenters. The fraction of sp³-hybridized carbons (Fsp3) is 0.579. The Kier molecular flexibility index (Phi) is 7.47. The highest BCUT2D eigenvalue weighted by atomic mass is 35.5. The highest BCUT2D eigenvalue weighted by Gasteiger charge is 2.33. The standard InChI is InChI=1S/C19H27ClN2O5S/c1-12(2)13(3)21-18(23)14-7-9-22(10-8-14)28(25,26)17-6-5-15(11-16(17)20)19(24)27-4/h5-6,11-14H,7-10H2,1-4H3,(H,21,23). The van der Waals surface area contributed by atoms with Crippen molar-refractivity contribution in [2.75, 3.05) is 20.2 Å². The molecule has 156 valence electrons. The van der Waals surface area contributed by atoms with Crippen molar-refractivity contribution >= 4 is 33.5 Å². The summed E-state index contributed by atoms with van der Waals surface area (Å²) in [4.78, 5) is 23.9. The molecule has 1 unspecified atom stereocenters. The number of esters is 1. The Labute approximate surface area is 171 Å². The van der Waals surface area contributed by atoms with E-state index in [1.165, 1.54) is 29.6 Å². The van der Waals surface area contributed by atoms with Crippen molar-refractivity contribution < 1.29 is 22.7 Å². The Morgan fingerprint density at radius 3 is 2.32 bits per heavy atom. The summed E-state index contributed by atoms with van der Waals surface area (Å²) < 4.78 is 31.8. The molecule has 28 heavy (non-hydrogen) atoms. The maximum Gasteiger partial charge on any atom is 0.337 e. The first-order valence-corrected chi connectivity index (χ1v) is 11.1. The lowest BCUT2D eigenvalue weighted by molar-refractivity contribution is -0.127. The van der Waals surface area contributed by atoms with Crippen LogP contribution in [0.1, 0.15) is 44.0 Å². The molecule has 0 bridgehead atoms. The summed E-state index contributed by atoms with van der Waals surface area (Å²) in [6.45, 7) is 6.52. The largest absolute Gasteiger partial charge is 0.465 e. The fourth-order valence-corrected chi connectivity index (χ4v) is 4.95. The van der Waals surface area contributed by atoms with E-state index in [0.717, 1.165) is 0 Å². The Morgan fingerprint density at radius 1 is 1.21 bits per heavy atom. The lowest BCUT2D eigenvalue weighted by Gasteiger charge is -2.31. The molecule has 1 heterocycles. The number of piperidine rings is 1.